The Morgan fingerprint density at radius 3 is 2.59 bits per heavy atom. The number of carbonyl (C=O) groups is 1. The minimum absolute atomic E-state index is 0.0307. The number of methoxy groups -OCH3 is 1. The number of amides is 1. The van der Waals surface area contributed by atoms with E-state index in [1.165, 1.54) is 0 Å². The minimum Gasteiger partial charge on any atom is -0.496 e. The van der Waals surface area contributed by atoms with Crippen molar-refractivity contribution in [3.05, 3.63) is 48.0 Å². The summed E-state index contributed by atoms with van der Waals surface area (Å²) >= 11 is 0. The van der Waals surface area contributed by atoms with Crippen molar-refractivity contribution < 1.29 is 14.3 Å². The monoisotopic (exact) mass is 297 g/mol. The third kappa shape index (κ3) is 2.97. The third-order valence-electron chi connectivity index (χ3n) is 3.87. The van der Waals surface area contributed by atoms with E-state index < -0.39 is 0 Å². The lowest BCUT2D eigenvalue weighted by Crippen LogP contribution is -2.39. The fraction of sp³-hybridized carbons (Fsp3) is 0.278. The van der Waals surface area contributed by atoms with E-state index in [1.54, 1.807) is 13.2 Å². The van der Waals surface area contributed by atoms with Crippen LogP contribution in [0.2, 0.25) is 0 Å². The molecule has 0 aliphatic carbocycles. The maximum absolute atomic E-state index is 12.2. The maximum Gasteiger partial charge on any atom is 0.246 e. The lowest BCUT2D eigenvalue weighted by molar-refractivity contribution is -0.129. The van der Waals surface area contributed by atoms with Gasteiger partial charge >= 0.3 is 0 Å². The first-order valence-electron chi connectivity index (χ1n) is 7.40. The Balaban J connectivity index is 1.87. The molecule has 0 spiro atoms. The SMILES string of the molecule is COc1ccc(C=CC(=O)N2CCOCC2)c2ccccc12. The summed E-state index contributed by atoms with van der Waals surface area (Å²) in [4.78, 5) is 14.0. The molecule has 2 aromatic carbocycles. The summed E-state index contributed by atoms with van der Waals surface area (Å²) in [6.45, 7) is 2.55. The van der Waals surface area contributed by atoms with E-state index in [4.69, 9.17) is 9.47 Å². The number of carbonyl (C=O) groups excluding carboxylic acids is 1. The highest BCUT2D eigenvalue weighted by Crippen LogP contribution is 2.28. The van der Waals surface area contributed by atoms with Crippen molar-refractivity contribution in [1.29, 1.82) is 0 Å². The average Bonchev–Trinajstić information content (AvgIpc) is 2.60. The fourth-order valence-electron chi connectivity index (χ4n) is 2.67. The van der Waals surface area contributed by atoms with Gasteiger partial charge in [0, 0.05) is 24.6 Å². The lowest BCUT2D eigenvalue weighted by Gasteiger charge is -2.25. The summed E-state index contributed by atoms with van der Waals surface area (Å²) < 4.78 is 10.7. The molecule has 1 amide bonds. The van der Waals surface area contributed by atoms with E-state index in [0.717, 1.165) is 22.1 Å². The topological polar surface area (TPSA) is 38.8 Å². The highest BCUT2D eigenvalue weighted by Gasteiger charge is 2.14. The van der Waals surface area contributed by atoms with Crippen molar-refractivity contribution in [2.24, 2.45) is 0 Å². The predicted octanol–water partition coefficient (Wildman–Crippen LogP) is 2.72. The molecule has 4 nitrogen and oxygen atoms in total. The van der Waals surface area contributed by atoms with Crippen LogP contribution in [0.5, 0.6) is 5.75 Å². The lowest BCUT2D eigenvalue weighted by atomic mass is 10.0. The van der Waals surface area contributed by atoms with Gasteiger partial charge in [0.2, 0.25) is 5.91 Å². The van der Waals surface area contributed by atoms with E-state index in [9.17, 15) is 4.79 Å². The summed E-state index contributed by atoms with van der Waals surface area (Å²) in [5.41, 5.74) is 1.01. The Hall–Kier alpha value is -2.33. The molecule has 0 radical (unpaired) electrons. The Bertz CT molecular complexity index is 703. The molecule has 0 saturated carbocycles. The van der Waals surface area contributed by atoms with Crippen molar-refractivity contribution in [3.8, 4) is 5.75 Å². The quantitative estimate of drug-likeness (QED) is 0.818. The second-order valence-corrected chi connectivity index (χ2v) is 5.17. The van der Waals surface area contributed by atoms with Crippen molar-refractivity contribution in [3.63, 3.8) is 0 Å². The number of morpholine rings is 1. The molecule has 0 aromatic heterocycles. The molecule has 0 unspecified atom stereocenters. The van der Waals surface area contributed by atoms with Crippen molar-refractivity contribution >= 4 is 22.8 Å². The molecule has 114 valence electrons. The molecule has 1 aliphatic rings. The summed E-state index contributed by atoms with van der Waals surface area (Å²) in [5, 5.41) is 2.12. The van der Waals surface area contributed by atoms with Crippen LogP contribution in [0.15, 0.2) is 42.5 Å². The summed E-state index contributed by atoms with van der Waals surface area (Å²) in [5.74, 6) is 0.871. The van der Waals surface area contributed by atoms with Gasteiger partial charge in [0.15, 0.2) is 0 Å². The van der Waals surface area contributed by atoms with Gasteiger partial charge in [0.05, 0.1) is 20.3 Å². The van der Waals surface area contributed by atoms with Crippen LogP contribution in [-0.4, -0.2) is 44.2 Å². The zero-order valence-electron chi connectivity index (χ0n) is 12.6. The van der Waals surface area contributed by atoms with Gasteiger partial charge in [-0.2, -0.15) is 0 Å². The number of benzene rings is 2. The van der Waals surface area contributed by atoms with E-state index in [-0.39, 0.29) is 5.91 Å². The zero-order valence-corrected chi connectivity index (χ0v) is 12.6. The number of fused-ring (bicyclic) bond motifs is 1. The van der Waals surface area contributed by atoms with Gasteiger partial charge < -0.3 is 14.4 Å². The first-order chi connectivity index (χ1) is 10.8. The van der Waals surface area contributed by atoms with Crippen molar-refractivity contribution in [1.82, 2.24) is 4.90 Å². The van der Waals surface area contributed by atoms with Crippen LogP contribution in [0.25, 0.3) is 16.8 Å². The Morgan fingerprint density at radius 1 is 1.14 bits per heavy atom. The average molecular weight is 297 g/mol. The molecule has 1 saturated heterocycles. The van der Waals surface area contributed by atoms with Gasteiger partial charge in [-0.1, -0.05) is 30.3 Å². The van der Waals surface area contributed by atoms with Crippen LogP contribution in [-0.2, 0) is 9.53 Å². The summed E-state index contributed by atoms with van der Waals surface area (Å²) in [6, 6.07) is 11.9. The number of hydrogen-bond donors (Lipinski definition) is 0. The molecule has 4 heteroatoms. The predicted molar refractivity (Wildman–Crippen MR) is 86.9 cm³/mol. The minimum atomic E-state index is 0.0307. The van der Waals surface area contributed by atoms with Crippen LogP contribution in [0, 0.1) is 0 Å². The molecular weight excluding hydrogens is 278 g/mol. The Morgan fingerprint density at radius 2 is 1.86 bits per heavy atom. The third-order valence-corrected chi connectivity index (χ3v) is 3.87. The molecule has 1 fully saturated rings. The van der Waals surface area contributed by atoms with Crippen LogP contribution in [0.4, 0.5) is 0 Å². The van der Waals surface area contributed by atoms with Gasteiger partial charge in [0.25, 0.3) is 0 Å². The van der Waals surface area contributed by atoms with Gasteiger partial charge in [-0.15, -0.1) is 0 Å². The first-order valence-corrected chi connectivity index (χ1v) is 7.40. The number of hydrogen-bond acceptors (Lipinski definition) is 3. The maximum atomic E-state index is 12.2. The van der Waals surface area contributed by atoms with Crippen LogP contribution < -0.4 is 4.74 Å². The van der Waals surface area contributed by atoms with E-state index >= 15 is 0 Å². The first kappa shape index (κ1) is 14.6. The molecule has 1 heterocycles. The van der Waals surface area contributed by atoms with E-state index in [1.807, 2.05) is 47.4 Å². The molecule has 22 heavy (non-hydrogen) atoms. The van der Waals surface area contributed by atoms with Crippen LogP contribution in [0.3, 0.4) is 0 Å². The van der Waals surface area contributed by atoms with Crippen LogP contribution in [0.1, 0.15) is 5.56 Å². The molecule has 0 N–H and O–H groups in total. The summed E-state index contributed by atoms with van der Waals surface area (Å²) in [7, 11) is 1.67. The van der Waals surface area contributed by atoms with E-state index in [2.05, 4.69) is 0 Å². The number of rotatable bonds is 3. The van der Waals surface area contributed by atoms with Gasteiger partial charge in [-0.05, 0) is 23.1 Å². The molecule has 0 atom stereocenters. The largest absolute Gasteiger partial charge is 0.496 e. The molecule has 3 rings (SSSR count). The molecule has 1 aliphatic heterocycles. The number of nitrogens with zero attached hydrogens (tertiary/aromatic N) is 1. The van der Waals surface area contributed by atoms with Gasteiger partial charge in [0.1, 0.15) is 5.75 Å². The summed E-state index contributed by atoms with van der Waals surface area (Å²) in [6.07, 6.45) is 3.51. The highest BCUT2D eigenvalue weighted by atomic mass is 16.5. The molecular formula is C18H19NO3. The second-order valence-electron chi connectivity index (χ2n) is 5.17. The Kier molecular flexibility index (Phi) is 4.39. The fourth-order valence-corrected chi connectivity index (χ4v) is 2.67. The molecule has 2 aromatic rings. The number of ether oxygens (including phenoxy) is 2. The van der Waals surface area contributed by atoms with Crippen LogP contribution >= 0.6 is 0 Å². The van der Waals surface area contributed by atoms with Crippen molar-refractivity contribution in [2.75, 3.05) is 33.4 Å². The van der Waals surface area contributed by atoms with E-state index in [0.29, 0.717) is 26.3 Å². The van der Waals surface area contributed by atoms with Gasteiger partial charge in [-0.25, -0.2) is 0 Å². The highest BCUT2D eigenvalue weighted by molar-refractivity contribution is 5.98. The molecule has 0 bridgehead atoms. The second kappa shape index (κ2) is 6.62. The van der Waals surface area contributed by atoms with Gasteiger partial charge in [-0.3, -0.25) is 4.79 Å². The van der Waals surface area contributed by atoms with Crippen molar-refractivity contribution in [2.45, 2.75) is 0 Å². The normalized spacial score (nSPS) is 15.4. The zero-order chi connectivity index (χ0) is 15.4. The smallest absolute Gasteiger partial charge is 0.246 e. The Labute approximate surface area is 129 Å². The standard InChI is InChI=1S/C18H19NO3/c1-21-17-8-6-14(15-4-2-3-5-16(15)17)7-9-18(20)19-10-12-22-13-11-19/h2-9H,10-13H2,1H3.